The number of carbonyl (C=O) groups excluding carboxylic acids is 2. The molecule has 3 rings (SSSR count). The van der Waals surface area contributed by atoms with Crippen molar-refractivity contribution in [2.75, 3.05) is 18.6 Å². The Morgan fingerprint density at radius 2 is 1.88 bits per heavy atom. The van der Waals surface area contributed by atoms with Crippen molar-refractivity contribution in [2.24, 2.45) is 0 Å². The van der Waals surface area contributed by atoms with E-state index in [0.717, 1.165) is 11.3 Å². The molecule has 2 N–H and O–H groups in total. The fourth-order valence-electron chi connectivity index (χ4n) is 2.83. The van der Waals surface area contributed by atoms with E-state index in [1.54, 1.807) is 24.1 Å². The van der Waals surface area contributed by atoms with Crippen LogP contribution in [0.4, 0.5) is 14.9 Å². The van der Waals surface area contributed by atoms with Crippen LogP contribution in [0.15, 0.2) is 48.5 Å². The number of ether oxygens (including phenoxy) is 1. The Bertz CT molecular complexity index is 778. The molecule has 26 heavy (non-hydrogen) atoms. The minimum Gasteiger partial charge on any atom is -0.497 e. The van der Waals surface area contributed by atoms with Crippen molar-refractivity contribution in [3.05, 3.63) is 59.9 Å². The van der Waals surface area contributed by atoms with Crippen LogP contribution in [-0.4, -0.2) is 31.6 Å². The molecule has 1 aliphatic rings. The lowest BCUT2D eigenvalue weighted by Gasteiger charge is -2.17. The first-order chi connectivity index (χ1) is 12.6. The maximum atomic E-state index is 13.0. The van der Waals surface area contributed by atoms with Gasteiger partial charge < -0.3 is 20.3 Å². The standard InChI is InChI=1S/C19H20FN3O3/c1-26-16-8-2-13(3-9-16)12-21-19(25)22-17-10-11-23(18(17)24)15-6-4-14(20)5-7-15/h2-9,17H,10-12H2,1H3,(H2,21,22,25)/t17-/m0/s1. The summed E-state index contributed by atoms with van der Waals surface area (Å²) in [5.74, 6) is 0.194. The molecular formula is C19H20FN3O3. The van der Waals surface area contributed by atoms with E-state index < -0.39 is 12.1 Å². The Labute approximate surface area is 150 Å². The molecule has 1 aliphatic heterocycles. The zero-order valence-corrected chi connectivity index (χ0v) is 14.4. The van der Waals surface area contributed by atoms with Crippen LogP contribution in [0.2, 0.25) is 0 Å². The maximum absolute atomic E-state index is 13.0. The molecule has 7 heteroatoms. The number of anilines is 1. The first kappa shape index (κ1) is 17.7. The summed E-state index contributed by atoms with van der Waals surface area (Å²) < 4.78 is 18.1. The number of nitrogens with zero attached hydrogens (tertiary/aromatic N) is 1. The molecule has 0 aromatic heterocycles. The second-order valence-corrected chi connectivity index (χ2v) is 5.98. The topological polar surface area (TPSA) is 70.7 Å². The van der Waals surface area contributed by atoms with Crippen molar-refractivity contribution >= 4 is 17.6 Å². The largest absolute Gasteiger partial charge is 0.497 e. The number of halogens is 1. The van der Waals surface area contributed by atoms with Gasteiger partial charge in [-0.25, -0.2) is 9.18 Å². The maximum Gasteiger partial charge on any atom is 0.315 e. The summed E-state index contributed by atoms with van der Waals surface area (Å²) in [6.45, 7) is 0.826. The number of carbonyl (C=O) groups is 2. The number of hydrogen-bond donors (Lipinski definition) is 2. The monoisotopic (exact) mass is 357 g/mol. The van der Waals surface area contributed by atoms with Crippen molar-refractivity contribution < 1.29 is 18.7 Å². The Hall–Kier alpha value is -3.09. The van der Waals surface area contributed by atoms with Crippen molar-refractivity contribution in [2.45, 2.75) is 19.0 Å². The van der Waals surface area contributed by atoms with Crippen LogP contribution < -0.4 is 20.3 Å². The second-order valence-electron chi connectivity index (χ2n) is 5.98. The second kappa shape index (κ2) is 7.86. The Morgan fingerprint density at radius 1 is 1.19 bits per heavy atom. The molecule has 136 valence electrons. The molecule has 0 unspecified atom stereocenters. The zero-order valence-electron chi connectivity index (χ0n) is 14.4. The van der Waals surface area contributed by atoms with Gasteiger partial charge in [-0.15, -0.1) is 0 Å². The minimum atomic E-state index is -0.587. The number of hydrogen-bond acceptors (Lipinski definition) is 3. The molecule has 6 nitrogen and oxygen atoms in total. The van der Waals surface area contributed by atoms with Gasteiger partial charge in [-0.3, -0.25) is 4.79 Å². The highest BCUT2D eigenvalue weighted by atomic mass is 19.1. The van der Waals surface area contributed by atoms with Gasteiger partial charge in [0.2, 0.25) is 5.91 Å². The van der Waals surface area contributed by atoms with E-state index in [1.807, 2.05) is 24.3 Å². The first-order valence-electron chi connectivity index (χ1n) is 8.31. The van der Waals surface area contributed by atoms with Crippen molar-refractivity contribution in [1.82, 2.24) is 10.6 Å². The van der Waals surface area contributed by atoms with Gasteiger partial charge in [0.15, 0.2) is 0 Å². The third-order valence-corrected chi connectivity index (χ3v) is 4.26. The van der Waals surface area contributed by atoms with Crippen LogP contribution in [0.5, 0.6) is 5.75 Å². The molecule has 0 aliphatic carbocycles. The van der Waals surface area contributed by atoms with E-state index >= 15 is 0 Å². The van der Waals surface area contributed by atoms with E-state index in [2.05, 4.69) is 10.6 Å². The summed E-state index contributed by atoms with van der Waals surface area (Å²) >= 11 is 0. The van der Waals surface area contributed by atoms with Crippen LogP contribution >= 0.6 is 0 Å². The molecule has 1 saturated heterocycles. The first-order valence-corrected chi connectivity index (χ1v) is 8.31. The molecule has 1 fully saturated rings. The van der Waals surface area contributed by atoms with E-state index in [4.69, 9.17) is 4.74 Å². The minimum absolute atomic E-state index is 0.198. The van der Waals surface area contributed by atoms with Crippen LogP contribution in [0.25, 0.3) is 0 Å². The quantitative estimate of drug-likeness (QED) is 0.863. The molecule has 3 amide bonds. The molecule has 2 aromatic carbocycles. The van der Waals surface area contributed by atoms with Gasteiger partial charge in [-0.1, -0.05) is 12.1 Å². The van der Waals surface area contributed by atoms with Crippen LogP contribution in [0, 0.1) is 5.82 Å². The number of benzene rings is 2. The van der Waals surface area contributed by atoms with Crippen LogP contribution in [0.1, 0.15) is 12.0 Å². The molecular weight excluding hydrogens is 337 g/mol. The Morgan fingerprint density at radius 3 is 2.54 bits per heavy atom. The Kier molecular flexibility index (Phi) is 5.36. The van der Waals surface area contributed by atoms with Gasteiger partial charge in [0, 0.05) is 18.8 Å². The third-order valence-electron chi connectivity index (χ3n) is 4.26. The van der Waals surface area contributed by atoms with Gasteiger partial charge in [0.05, 0.1) is 7.11 Å². The molecule has 0 bridgehead atoms. The molecule has 0 spiro atoms. The fourth-order valence-corrected chi connectivity index (χ4v) is 2.83. The summed E-state index contributed by atoms with van der Waals surface area (Å²) in [6.07, 6.45) is 0.506. The molecule has 1 atom stereocenters. The van der Waals surface area contributed by atoms with Gasteiger partial charge in [0.1, 0.15) is 17.6 Å². The summed E-state index contributed by atoms with van der Waals surface area (Å²) in [5, 5.41) is 5.43. The van der Waals surface area contributed by atoms with Gasteiger partial charge in [-0.2, -0.15) is 0 Å². The lowest BCUT2D eigenvalue weighted by molar-refractivity contribution is -0.118. The van der Waals surface area contributed by atoms with Gasteiger partial charge >= 0.3 is 6.03 Å². The normalized spacial score (nSPS) is 16.5. The number of urea groups is 1. The van der Waals surface area contributed by atoms with E-state index in [1.165, 1.54) is 12.1 Å². The summed E-state index contributed by atoms with van der Waals surface area (Å²) in [5.41, 5.74) is 1.55. The van der Waals surface area contributed by atoms with E-state index in [0.29, 0.717) is 25.2 Å². The average Bonchev–Trinajstić information content (AvgIpc) is 3.01. The Balaban J connectivity index is 1.51. The lowest BCUT2D eigenvalue weighted by Crippen LogP contribution is -2.45. The zero-order chi connectivity index (χ0) is 18.5. The highest BCUT2D eigenvalue weighted by molar-refractivity contribution is 6.01. The SMILES string of the molecule is COc1ccc(CNC(=O)N[C@H]2CCN(c3ccc(F)cc3)C2=O)cc1. The van der Waals surface area contributed by atoms with Crippen molar-refractivity contribution in [3.63, 3.8) is 0 Å². The summed E-state index contributed by atoms with van der Waals surface area (Å²) in [7, 11) is 1.59. The van der Waals surface area contributed by atoms with Crippen LogP contribution in [0.3, 0.4) is 0 Å². The van der Waals surface area contributed by atoms with E-state index in [9.17, 15) is 14.0 Å². The van der Waals surface area contributed by atoms with Crippen molar-refractivity contribution in [3.8, 4) is 5.75 Å². The smallest absolute Gasteiger partial charge is 0.315 e. The lowest BCUT2D eigenvalue weighted by atomic mass is 10.2. The highest BCUT2D eigenvalue weighted by Gasteiger charge is 2.33. The average molecular weight is 357 g/mol. The van der Waals surface area contributed by atoms with Gasteiger partial charge in [-0.05, 0) is 48.4 Å². The molecule has 2 aromatic rings. The molecule has 1 heterocycles. The van der Waals surface area contributed by atoms with E-state index in [-0.39, 0.29) is 11.7 Å². The fraction of sp³-hybridized carbons (Fsp3) is 0.263. The van der Waals surface area contributed by atoms with Crippen LogP contribution in [-0.2, 0) is 11.3 Å². The molecule has 0 radical (unpaired) electrons. The van der Waals surface area contributed by atoms with Crippen molar-refractivity contribution in [1.29, 1.82) is 0 Å². The number of nitrogens with one attached hydrogen (secondary N) is 2. The predicted molar refractivity (Wildman–Crippen MR) is 95.5 cm³/mol. The third kappa shape index (κ3) is 4.11. The number of rotatable bonds is 5. The predicted octanol–water partition coefficient (Wildman–Crippen LogP) is 2.44. The summed E-state index contributed by atoms with van der Waals surface area (Å²) in [4.78, 5) is 26.1. The number of amides is 3. The number of methoxy groups -OCH3 is 1. The highest BCUT2D eigenvalue weighted by Crippen LogP contribution is 2.21. The van der Waals surface area contributed by atoms with Gasteiger partial charge in [0.25, 0.3) is 0 Å². The summed E-state index contributed by atoms with van der Waals surface area (Å²) in [6, 6.07) is 12.1. The molecule has 0 saturated carbocycles.